The first-order valence-electron chi connectivity index (χ1n) is 9.48. The number of ether oxygens (including phenoxy) is 3. The molecule has 0 bridgehead atoms. The lowest BCUT2D eigenvalue weighted by Crippen LogP contribution is -2.63. The van der Waals surface area contributed by atoms with Crippen LogP contribution in [0.1, 0.15) is 26.2 Å². The summed E-state index contributed by atoms with van der Waals surface area (Å²) >= 11 is 0. The Morgan fingerprint density at radius 3 is 2.03 bits per heavy atom. The van der Waals surface area contributed by atoms with Crippen LogP contribution in [-0.4, -0.2) is 85.8 Å². The van der Waals surface area contributed by atoms with E-state index in [4.69, 9.17) is 4.74 Å². The van der Waals surface area contributed by atoms with E-state index in [2.05, 4.69) is 16.1 Å². The van der Waals surface area contributed by atoms with E-state index in [1.54, 1.807) is 0 Å². The molecule has 1 saturated heterocycles. The van der Waals surface area contributed by atoms with Gasteiger partial charge in [0.25, 0.3) is 0 Å². The zero-order chi connectivity index (χ0) is 26.6. The lowest BCUT2D eigenvalue weighted by atomic mass is 10.1. The van der Waals surface area contributed by atoms with Gasteiger partial charge in [-0.2, -0.15) is 30.7 Å². The Kier molecular flexibility index (Phi) is 9.49. The van der Waals surface area contributed by atoms with Crippen molar-refractivity contribution in [3.63, 3.8) is 0 Å². The van der Waals surface area contributed by atoms with Crippen molar-refractivity contribution < 1.29 is 67.5 Å². The van der Waals surface area contributed by atoms with Crippen LogP contribution in [0, 0.1) is 0 Å². The van der Waals surface area contributed by atoms with Crippen molar-refractivity contribution >= 4 is 22.0 Å². The number of esters is 1. The number of halogens is 7. The number of carbonyl (C=O) groups is 2. The van der Waals surface area contributed by atoms with Gasteiger partial charge in [0.05, 0.1) is 19.8 Å². The summed E-state index contributed by atoms with van der Waals surface area (Å²) in [5, 5.41) is -5.96. The minimum absolute atomic E-state index is 0.139. The molecule has 1 heterocycles. The Hall–Kier alpha value is -1.98. The van der Waals surface area contributed by atoms with Crippen LogP contribution in [0.4, 0.5) is 30.7 Å². The molecule has 1 aliphatic heterocycles. The number of rotatable bonds is 11. The molecule has 0 aliphatic carbocycles. The van der Waals surface area contributed by atoms with E-state index in [1.807, 2.05) is 0 Å². The molecule has 0 radical (unpaired) electrons. The summed E-state index contributed by atoms with van der Waals surface area (Å²) < 4.78 is 140. The van der Waals surface area contributed by atoms with E-state index in [0.717, 1.165) is 6.92 Å². The Bertz CT molecular complexity index is 872. The Morgan fingerprint density at radius 1 is 1.06 bits per heavy atom. The summed E-state index contributed by atoms with van der Waals surface area (Å²) in [5.41, 5.74) is -0.535. The minimum Gasteiger partial charge on any atom is -0.743 e. The molecule has 1 rings (SSSR count). The fourth-order valence-corrected chi connectivity index (χ4v) is 3.05. The van der Waals surface area contributed by atoms with E-state index in [1.165, 1.54) is 0 Å². The molecule has 0 spiro atoms. The van der Waals surface area contributed by atoms with E-state index >= 15 is 0 Å². The van der Waals surface area contributed by atoms with Gasteiger partial charge in [0.1, 0.15) is 0 Å². The van der Waals surface area contributed by atoms with Gasteiger partial charge in [-0.25, -0.2) is 13.2 Å². The largest absolute Gasteiger partial charge is 0.743 e. The second-order valence-corrected chi connectivity index (χ2v) is 8.59. The van der Waals surface area contributed by atoms with E-state index in [9.17, 15) is 53.3 Å². The lowest BCUT2D eigenvalue weighted by Gasteiger charge is -2.38. The van der Waals surface area contributed by atoms with Gasteiger partial charge in [0.2, 0.25) is 0 Å². The van der Waals surface area contributed by atoms with Crippen molar-refractivity contribution in [2.75, 3.05) is 32.9 Å². The Labute approximate surface area is 189 Å². The van der Waals surface area contributed by atoms with Crippen molar-refractivity contribution in [2.45, 2.75) is 49.3 Å². The molecule has 1 fully saturated rings. The molecule has 17 heteroatoms. The van der Waals surface area contributed by atoms with Gasteiger partial charge in [0.15, 0.2) is 10.1 Å². The number of hydrogen-bond acceptors (Lipinski definition) is 8. The van der Waals surface area contributed by atoms with Crippen molar-refractivity contribution in [3.05, 3.63) is 12.2 Å². The molecule has 34 heavy (non-hydrogen) atoms. The van der Waals surface area contributed by atoms with Crippen LogP contribution in [0.2, 0.25) is 0 Å². The zero-order valence-electron chi connectivity index (χ0n) is 17.6. The number of nitrogens with zero attached hydrogens (tertiary/aromatic N) is 1. The standard InChI is InChI=1S/C17H22F7NO8S/c1-11(2)12(26)33-15(16(20,21)22,13(27)25-6-9-31-10-7-25)32-8-4-3-5-14(18,19)17(23,24)34(28,29)30/h1,3-10H2,2H3,(H,28,29,30)/p-1. The molecule has 1 atom stereocenters. The number of alkyl halides is 7. The third-order valence-electron chi connectivity index (χ3n) is 4.47. The average molecular weight is 532 g/mol. The normalized spacial score (nSPS) is 17.7. The van der Waals surface area contributed by atoms with Crippen molar-refractivity contribution in [2.24, 2.45) is 0 Å². The summed E-state index contributed by atoms with van der Waals surface area (Å²) in [5.74, 6) is -13.0. The van der Waals surface area contributed by atoms with Crippen LogP contribution in [0.25, 0.3) is 0 Å². The van der Waals surface area contributed by atoms with Crippen LogP contribution in [-0.2, 0) is 33.9 Å². The smallest absolute Gasteiger partial charge is 0.466 e. The molecule has 1 unspecified atom stereocenters. The first-order chi connectivity index (χ1) is 15.3. The van der Waals surface area contributed by atoms with Crippen molar-refractivity contribution in [3.8, 4) is 0 Å². The fraction of sp³-hybridized carbons (Fsp3) is 0.765. The highest BCUT2D eigenvalue weighted by atomic mass is 32.2. The van der Waals surface area contributed by atoms with Crippen LogP contribution < -0.4 is 0 Å². The number of morpholine rings is 1. The summed E-state index contributed by atoms with van der Waals surface area (Å²) in [6.45, 7) is 1.95. The second kappa shape index (κ2) is 10.7. The van der Waals surface area contributed by atoms with E-state index in [-0.39, 0.29) is 26.3 Å². The van der Waals surface area contributed by atoms with Gasteiger partial charge >= 0.3 is 35.0 Å². The molecule has 1 amide bonds. The van der Waals surface area contributed by atoms with Crippen molar-refractivity contribution in [1.29, 1.82) is 0 Å². The molecule has 0 aromatic rings. The molecule has 0 N–H and O–H groups in total. The summed E-state index contributed by atoms with van der Waals surface area (Å²) in [6.07, 6.45) is -9.47. The second-order valence-electron chi connectivity index (χ2n) is 7.17. The SMILES string of the molecule is C=C(C)C(=O)OC(OCCCCC(F)(F)C(F)(F)S(=O)(=O)[O-])(C(=O)N1CCOCC1)C(F)(F)F. The maximum Gasteiger partial charge on any atom is 0.466 e. The number of unbranched alkanes of at least 4 members (excludes halogenated alkanes) is 1. The van der Waals surface area contributed by atoms with Crippen LogP contribution in [0.3, 0.4) is 0 Å². The third-order valence-corrected chi connectivity index (χ3v) is 5.39. The molecular formula is C17H21F7NO8S-. The summed E-state index contributed by atoms with van der Waals surface area (Å²) in [7, 11) is -6.73. The maximum absolute atomic E-state index is 14.0. The first-order valence-corrected chi connectivity index (χ1v) is 10.9. The Morgan fingerprint density at radius 2 is 1.59 bits per heavy atom. The van der Waals surface area contributed by atoms with E-state index in [0.29, 0.717) is 4.90 Å². The molecule has 198 valence electrons. The number of amides is 1. The topological polar surface area (TPSA) is 122 Å². The molecular weight excluding hydrogens is 511 g/mol. The first kappa shape index (κ1) is 30.1. The minimum atomic E-state index is -6.73. The highest BCUT2D eigenvalue weighted by Crippen LogP contribution is 2.42. The average Bonchev–Trinajstić information content (AvgIpc) is 2.70. The highest BCUT2D eigenvalue weighted by molar-refractivity contribution is 7.86. The van der Waals surface area contributed by atoms with Crippen LogP contribution in [0.15, 0.2) is 12.2 Å². The monoisotopic (exact) mass is 532 g/mol. The van der Waals surface area contributed by atoms with Gasteiger partial charge in [-0.1, -0.05) is 6.58 Å². The molecule has 9 nitrogen and oxygen atoms in total. The zero-order valence-corrected chi connectivity index (χ0v) is 18.4. The van der Waals surface area contributed by atoms with Gasteiger partial charge in [-0.3, -0.25) is 4.79 Å². The molecule has 1 aliphatic rings. The number of carbonyl (C=O) groups excluding carboxylic acids is 2. The van der Waals surface area contributed by atoms with E-state index < -0.39 is 76.6 Å². The Balaban J connectivity index is 3.05. The van der Waals surface area contributed by atoms with Gasteiger partial charge in [-0.05, 0) is 19.8 Å². The summed E-state index contributed by atoms with van der Waals surface area (Å²) in [4.78, 5) is 25.2. The van der Waals surface area contributed by atoms with Gasteiger partial charge in [0, 0.05) is 25.1 Å². The van der Waals surface area contributed by atoms with Gasteiger partial charge < -0.3 is 23.7 Å². The highest BCUT2D eigenvalue weighted by Gasteiger charge is 2.67. The molecule has 0 aromatic heterocycles. The third kappa shape index (κ3) is 6.57. The maximum atomic E-state index is 14.0. The fourth-order valence-electron chi connectivity index (χ4n) is 2.58. The quantitative estimate of drug-likeness (QED) is 0.0992. The predicted molar refractivity (Wildman–Crippen MR) is 96.5 cm³/mol. The summed E-state index contributed by atoms with van der Waals surface area (Å²) in [6, 6.07) is 0. The van der Waals surface area contributed by atoms with Crippen molar-refractivity contribution in [1.82, 2.24) is 4.90 Å². The number of hydrogen-bond donors (Lipinski definition) is 0. The molecule has 0 aromatic carbocycles. The van der Waals surface area contributed by atoms with Gasteiger partial charge in [-0.15, -0.1) is 0 Å². The molecule has 0 saturated carbocycles. The van der Waals surface area contributed by atoms with Crippen LogP contribution >= 0.6 is 0 Å². The lowest BCUT2D eigenvalue weighted by molar-refractivity contribution is -0.351. The predicted octanol–water partition coefficient (Wildman–Crippen LogP) is 2.18. The van der Waals surface area contributed by atoms with Crippen LogP contribution in [0.5, 0.6) is 0 Å².